The van der Waals surface area contributed by atoms with E-state index < -0.39 is 0 Å². The number of anilines is 1. The van der Waals surface area contributed by atoms with E-state index >= 15 is 0 Å². The molecular weight excluding hydrogens is 332 g/mol. The maximum absolute atomic E-state index is 12.1. The van der Waals surface area contributed by atoms with E-state index in [1.165, 1.54) is 0 Å². The van der Waals surface area contributed by atoms with E-state index in [0.29, 0.717) is 30.4 Å². The molecule has 0 saturated carbocycles. The van der Waals surface area contributed by atoms with Gasteiger partial charge in [0.05, 0.1) is 20.3 Å². The molecule has 0 atom stereocenters. The van der Waals surface area contributed by atoms with Crippen LogP contribution >= 0.6 is 0 Å². The van der Waals surface area contributed by atoms with Gasteiger partial charge in [0.1, 0.15) is 5.75 Å². The molecule has 0 spiro atoms. The third kappa shape index (κ3) is 5.44. The van der Waals surface area contributed by atoms with Crippen LogP contribution in [-0.4, -0.2) is 26.4 Å². The van der Waals surface area contributed by atoms with Crippen molar-refractivity contribution in [3.63, 3.8) is 0 Å². The van der Waals surface area contributed by atoms with Crippen LogP contribution < -0.4 is 24.8 Å². The summed E-state index contributed by atoms with van der Waals surface area (Å²) >= 11 is 0. The lowest BCUT2D eigenvalue weighted by atomic mass is 10.2. The lowest BCUT2D eigenvalue weighted by Gasteiger charge is -2.13. The summed E-state index contributed by atoms with van der Waals surface area (Å²) in [5.41, 5.74) is 1.48. The first-order chi connectivity index (χ1) is 12.7. The van der Waals surface area contributed by atoms with E-state index in [0.717, 1.165) is 11.3 Å². The molecular formula is C20H24N2O4. The van der Waals surface area contributed by atoms with Crippen LogP contribution in [0.15, 0.2) is 48.7 Å². The summed E-state index contributed by atoms with van der Waals surface area (Å²) in [6.07, 6.45) is 3.33. The summed E-state index contributed by atoms with van der Waals surface area (Å²) in [7, 11) is 1.61. The number of hydrogen-bond donors (Lipinski definition) is 2. The Labute approximate surface area is 153 Å². The van der Waals surface area contributed by atoms with Crippen molar-refractivity contribution in [3.05, 3.63) is 54.2 Å². The molecule has 0 bridgehead atoms. The van der Waals surface area contributed by atoms with Gasteiger partial charge in [0, 0.05) is 23.5 Å². The highest BCUT2D eigenvalue weighted by molar-refractivity contribution is 5.90. The van der Waals surface area contributed by atoms with Crippen molar-refractivity contribution < 1.29 is 19.0 Å². The third-order valence-electron chi connectivity index (χ3n) is 3.42. The Kier molecular flexibility index (Phi) is 7.36. The molecule has 0 aromatic heterocycles. The van der Waals surface area contributed by atoms with Crippen LogP contribution in [0.4, 0.5) is 10.5 Å². The van der Waals surface area contributed by atoms with Crippen molar-refractivity contribution in [1.82, 2.24) is 5.32 Å². The van der Waals surface area contributed by atoms with Gasteiger partial charge in [0.2, 0.25) is 0 Å². The quantitative estimate of drug-likeness (QED) is 0.740. The Hall–Kier alpha value is -3.15. The van der Waals surface area contributed by atoms with Crippen LogP contribution in [0, 0.1) is 0 Å². The smallest absolute Gasteiger partial charge is 0.323 e. The fourth-order valence-corrected chi connectivity index (χ4v) is 2.31. The molecule has 0 aliphatic carbocycles. The summed E-state index contributed by atoms with van der Waals surface area (Å²) in [4.78, 5) is 12.1. The molecule has 6 heteroatoms. The summed E-state index contributed by atoms with van der Waals surface area (Å²) in [6, 6.07) is 12.5. The van der Waals surface area contributed by atoms with Gasteiger partial charge in [-0.25, -0.2) is 4.79 Å². The van der Waals surface area contributed by atoms with Crippen molar-refractivity contribution in [2.45, 2.75) is 13.8 Å². The molecule has 2 amide bonds. The largest absolute Gasteiger partial charge is 0.496 e. The molecule has 0 aliphatic rings. The predicted molar refractivity (Wildman–Crippen MR) is 103 cm³/mol. The highest BCUT2D eigenvalue weighted by atomic mass is 16.5. The van der Waals surface area contributed by atoms with E-state index in [4.69, 9.17) is 14.2 Å². The number of carbonyl (C=O) groups is 1. The molecule has 138 valence electrons. The molecule has 26 heavy (non-hydrogen) atoms. The molecule has 2 rings (SSSR count). The Morgan fingerprint density at radius 3 is 2.46 bits per heavy atom. The number of amides is 2. The van der Waals surface area contributed by atoms with Gasteiger partial charge in [-0.2, -0.15) is 0 Å². The van der Waals surface area contributed by atoms with Gasteiger partial charge in [0.25, 0.3) is 0 Å². The zero-order chi connectivity index (χ0) is 18.8. The number of rotatable bonds is 8. The average molecular weight is 356 g/mol. The molecule has 2 aromatic carbocycles. The fraction of sp³-hybridized carbons (Fsp3) is 0.250. The van der Waals surface area contributed by atoms with Gasteiger partial charge >= 0.3 is 6.03 Å². The van der Waals surface area contributed by atoms with E-state index in [2.05, 4.69) is 10.6 Å². The topological polar surface area (TPSA) is 68.8 Å². The molecule has 0 saturated heterocycles. The average Bonchev–Trinajstić information content (AvgIpc) is 2.64. The number of ether oxygens (including phenoxy) is 3. The zero-order valence-corrected chi connectivity index (χ0v) is 15.2. The molecule has 6 nitrogen and oxygen atoms in total. The van der Waals surface area contributed by atoms with Crippen molar-refractivity contribution >= 4 is 17.8 Å². The Bertz CT molecular complexity index is 759. The molecule has 0 heterocycles. The fourth-order valence-electron chi connectivity index (χ4n) is 2.31. The Balaban J connectivity index is 1.99. The van der Waals surface area contributed by atoms with Gasteiger partial charge in [-0.3, -0.25) is 0 Å². The highest BCUT2D eigenvalue weighted by Crippen LogP contribution is 2.30. The minimum atomic E-state index is -0.359. The van der Waals surface area contributed by atoms with Crippen molar-refractivity contribution in [1.29, 1.82) is 0 Å². The van der Waals surface area contributed by atoms with Gasteiger partial charge in [-0.15, -0.1) is 0 Å². The zero-order valence-electron chi connectivity index (χ0n) is 15.2. The van der Waals surface area contributed by atoms with E-state index in [-0.39, 0.29) is 6.03 Å². The summed E-state index contributed by atoms with van der Waals surface area (Å²) in [6.45, 7) is 4.85. The molecule has 0 radical (unpaired) electrons. The van der Waals surface area contributed by atoms with Crippen LogP contribution in [0.2, 0.25) is 0 Å². The van der Waals surface area contributed by atoms with Gasteiger partial charge in [-0.05, 0) is 38.1 Å². The van der Waals surface area contributed by atoms with Gasteiger partial charge < -0.3 is 24.8 Å². The van der Waals surface area contributed by atoms with Gasteiger partial charge in [-0.1, -0.05) is 18.2 Å². The number of carbonyl (C=O) groups excluding carboxylic acids is 1. The van der Waals surface area contributed by atoms with E-state index in [1.807, 2.05) is 38.1 Å². The normalized spacial score (nSPS) is 10.4. The number of methoxy groups -OCH3 is 1. The maximum atomic E-state index is 12.1. The first-order valence-corrected chi connectivity index (χ1v) is 8.44. The van der Waals surface area contributed by atoms with Crippen molar-refractivity contribution in [3.8, 4) is 17.2 Å². The summed E-state index contributed by atoms with van der Waals surface area (Å²) in [5, 5.41) is 5.42. The summed E-state index contributed by atoms with van der Waals surface area (Å²) in [5.74, 6) is 1.98. The Morgan fingerprint density at radius 2 is 1.73 bits per heavy atom. The van der Waals surface area contributed by atoms with Crippen LogP contribution in [0.3, 0.4) is 0 Å². The Morgan fingerprint density at radius 1 is 1.00 bits per heavy atom. The van der Waals surface area contributed by atoms with E-state index in [1.54, 1.807) is 37.6 Å². The minimum absolute atomic E-state index is 0.359. The number of urea groups is 1. The standard InChI is InChI=1S/C20H24N2O4/c1-4-25-18-11-10-16(14-19(18)26-5-2)22-20(23)21-13-12-15-8-6-7-9-17(15)24-3/h6-14H,4-5H2,1-3H3,(H2,21,22,23)/b13-12+. The second-order valence-electron chi connectivity index (χ2n) is 5.20. The monoisotopic (exact) mass is 356 g/mol. The number of nitrogens with one attached hydrogen (secondary N) is 2. The number of para-hydroxylation sites is 1. The molecule has 2 aromatic rings. The van der Waals surface area contributed by atoms with Crippen LogP contribution in [-0.2, 0) is 0 Å². The van der Waals surface area contributed by atoms with Crippen molar-refractivity contribution in [2.24, 2.45) is 0 Å². The molecule has 0 fully saturated rings. The third-order valence-corrected chi connectivity index (χ3v) is 3.42. The lowest BCUT2D eigenvalue weighted by molar-refractivity contribution is 0.255. The van der Waals surface area contributed by atoms with Crippen LogP contribution in [0.25, 0.3) is 6.08 Å². The second-order valence-corrected chi connectivity index (χ2v) is 5.20. The first kappa shape index (κ1) is 19.2. The van der Waals surface area contributed by atoms with E-state index in [9.17, 15) is 4.79 Å². The molecule has 0 aliphatic heterocycles. The van der Waals surface area contributed by atoms with Crippen LogP contribution in [0.5, 0.6) is 17.2 Å². The maximum Gasteiger partial charge on any atom is 0.323 e. The lowest BCUT2D eigenvalue weighted by Crippen LogP contribution is -2.23. The first-order valence-electron chi connectivity index (χ1n) is 8.44. The number of hydrogen-bond acceptors (Lipinski definition) is 4. The summed E-state index contributed by atoms with van der Waals surface area (Å²) < 4.78 is 16.3. The van der Waals surface area contributed by atoms with Crippen molar-refractivity contribution in [2.75, 3.05) is 25.6 Å². The van der Waals surface area contributed by atoms with Crippen LogP contribution in [0.1, 0.15) is 19.4 Å². The molecule has 0 unspecified atom stereocenters. The predicted octanol–water partition coefficient (Wildman–Crippen LogP) is 4.29. The second kappa shape index (κ2) is 9.98. The molecule has 2 N–H and O–H groups in total. The minimum Gasteiger partial charge on any atom is -0.496 e. The number of benzene rings is 2. The van der Waals surface area contributed by atoms with Gasteiger partial charge in [0.15, 0.2) is 11.5 Å². The highest BCUT2D eigenvalue weighted by Gasteiger charge is 2.08. The SMILES string of the molecule is CCOc1ccc(NC(=O)N/C=C/c2ccccc2OC)cc1OCC.